The van der Waals surface area contributed by atoms with Gasteiger partial charge in [-0.15, -0.1) is 10.2 Å². The fraction of sp³-hybridized carbons (Fsp3) is 0.190. The number of carbonyl (C=O) groups is 1. The zero-order valence-corrected chi connectivity index (χ0v) is 18.6. The van der Waals surface area contributed by atoms with E-state index in [2.05, 4.69) is 15.5 Å². The van der Waals surface area contributed by atoms with Gasteiger partial charge in [-0.25, -0.2) is 0 Å². The molecule has 0 aliphatic rings. The second-order valence-corrected chi connectivity index (χ2v) is 7.90. The molecule has 6 nitrogen and oxygen atoms in total. The van der Waals surface area contributed by atoms with Gasteiger partial charge in [-0.2, -0.15) is 0 Å². The molecule has 1 amide bonds. The van der Waals surface area contributed by atoms with Crippen LogP contribution in [0, 0.1) is 0 Å². The van der Waals surface area contributed by atoms with Gasteiger partial charge in [-0.05, 0) is 42.3 Å². The summed E-state index contributed by atoms with van der Waals surface area (Å²) in [5, 5.41) is 12.1. The minimum absolute atomic E-state index is 0.208. The van der Waals surface area contributed by atoms with E-state index in [0.29, 0.717) is 44.4 Å². The lowest BCUT2D eigenvalue weighted by molar-refractivity contribution is 0.102. The molecule has 1 heterocycles. The van der Waals surface area contributed by atoms with E-state index >= 15 is 0 Å². The lowest BCUT2D eigenvalue weighted by atomic mass is 10.2. The summed E-state index contributed by atoms with van der Waals surface area (Å²) in [4.78, 5) is 12.3. The molecular formula is C21H19Cl2N3O3S. The number of carbonyl (C=O) groups excluding carboxylic acids is 1. The van der Waals surface area contributed by atoms with Gasteiger partial charge in [0, 0.05) is 5.69 Å². The maximum atomic E-state index is 12.3. The first kappa shape index (κ1) is 22.1. The van der Waals surface area contributed by atoms with Gasteiger partial charge in [0.25, 0.3) is 5.91 Å². The number of anilines is 1. The van der Waals surface area contributed by atoms with E-state index in [1.54, 1.807) is 37.5 Å². The van der Waals surface area contributed by atoms with E-state index in [4.69, 9.17) is 32.7 Å². The summed E-state index contributed by atoms with van der Waals surface area (Å²) < 4.78 is 11.0. The number of nitrogens with zero attached hydrogens (tertiary/aromatic N) is 2. The Morgan fingerprint density at radius 3 is 2.63 bits per heavy atom. The van der Waals surface area contributed by atoms with Gasteiger partial charge < -0.3 is 14.8 Å². The predicted octanol–water partition coefficient (Wildman–Crippen LogP) is 5.98. The molecule has 0 saturated heterocycles. The first-order chi connectivity index (χ1) is 14.5. The van der Waals surface area contributed by atoms with E-state index in [-0.39, 0.29) is 10.9 Å². The Kier molecular flexibility index (Phi) is 7.68. The Balaban J connectivity index is 1.79. The summed E-state index contributed by atoms with van der Waals surface area (Å²) in [5.74, 6) is 0.647. The van der Waals surface area contributed by atoms with Crippen molar-refractivity contribution in [2.24, 2.45) is 0 Å². The van der Waals surface area contributed by atoms with Crippen LogP contribution in [0.1, 0.15) is 33.7 Å². The van der Waals surface area contributed by atoms with Crippen molar-refractivity contribution in [1.82, 2.24) is 10.2 Å². The van der Waals surface area contributed by atoms with Gasteiger partial charge in [-0.3, -0.25) is 4.79 Å². The average molecular weight is 464 g/mol. The van der Waals surface area contributed by atoms with Crippen molar-refractivity contribution < 1.29 is 14.3 Å². The molecule has 156 valence electrons. The molecule has 9 heteroatoms. The third-order valence-electron chi connectivity index (χ3n) is 3.85. The molecule has 0 unspecified atom stereocenters. The third kappa shape index (κ3) is 5.50. The fourth-order valence-electron chi connectivity index (χ4n) is 2.49. The number of hydrogen-bond donors (Lipinski definition) is 1. The van der Waals surface area contributed by atoms with Crippen LogP contribution in [0.15, 0.2) is 42.5 Å². The highest BCUT2D eigenvalue weighted by atomic mass is 35.5. The van der Waals surface area contributed by atoms with Crippen molar-refractivity contribution in [3.63, 3.8) is 0 Å². The fourth-order valence-corrected chi connectivity index (χ4v) is 3.69. The molecule has 3 aromatic rings. The first-order valence-electron chi connectivity index (χ1n) is 9.09. The number of nitrogens with one attached hydrogen (secondary N) is 1. The smallest absolute Gasteiger partial charge is 0.286 e. The summed E-state index contributed by atoms with van der Waals surface area (Å²) >= 11 is 13.9. The van der Waals surface area contributed by atoms with Crippen LogP contribution in [0.5, 0.6) is 11.5 Å². The van der Waals surface area contributed by atoms with Crippen LogP contribution in [0.2, 0.25) is 5.02 Å². The summed E-state index contributed by atoms with van der Waals surface area (Å²) in [6.07, 6.45) is 2.53. The Morgan fingerprint density at radius 1 is 1.20 bits per heavy atom. The van der Waals surface area contributed by atoms with Gasteiger partial charge in [-0.1, -0.05) is 59.7 Å². The summed E-state index contributed by atoms with van der Waals surface area (Å²) in [5.41, 5.74) is 1.38. The number of amides is 1. The molecule has 0 spiro atoms. The lowest BCUT2D eigenvalue weighted by Crippen LogP contribution is -2.11. The van der Waals surface area contributed by atoms with Crippen molar-refractivity contribution in [2.45, 2.75) is 13.3 Å². The summed E-state index contributed by atoms with van der Waals surface area (Å²) in [7, 11) is 1.54. The van der Waals surface area contributed by atoms with Crippen LogP contribution in [0.3, 0.4) is 0 Å². The maximum absolute atomic E-state index is 12.3. The Bertz CT molecular complexity index is 1050. The Hall–Kier alpha value is -2.61. The monoisotopic (exact) mass is 463 g/mol. The molecule has 1 aromatic heterocycles. The highest BCUT2D eigenvalue weighted by molar-refractivity contribution is 7.15. The molecule has 2 aromatic carbocycles. The first-order valence-corrected chi connectivity index (χ1v) is 10.7. The SMILES string of the molecule is CCCOc1c(Cl)cc(/C=C(\Cl)c2nnc(C(=O)Nc3ccccc3)s2)cc1OC. The van der Waals surface area contributed by atoms with Crippen LogP contribution in [-0.2, 0) is 0 Å². The van der Waals surface area contributed by atoms with Gasteiger partial charge in [0.2, 0.25) is 5.01 Å². The molecule has 0 aliphatic carbocycles. The molecule has 0 bridgehead atoms. The van der Waals surface area contributed by atoms with E-state index in [1.807, 2.05) is 25.1 Å². The minimum atomic E-state index is -0.350. The number of halogens is 2. The average Bonchev–Trinajstić information content (AvgIpc) is 3.24. The molecule has 3 rings (SSSR count). The zero-order chi connectivity index (χ0) is 21.5. The minimum Gasteiger partial charge on any atom is -0.493 e. The van der Waals surface area contributed by atoms with Crippen molar-refractivity contribution in [1.29, 1.82) is 0 Å². The highest BCUT2D eigenvalue weighted by Gasteiger charge is 2.16. The third-order valence-corrected chi connectivity index (χ3v) is 5.49. The van der Waals surface area contributed by atoms with E-state index in [9.17, 15) is 4.79 Å². The highest BCUT2D eigenvalue weighted by Crippen LogP contribution is 2.38. The Morgan fingerprint density at radius 2 is 1.93 bits per heavy atom. The van der Waals surface area contributed by atoms with Gasteiger partial charge >= 0.3 is 0 Å². The molecule has 0 radical (unpaired) electrons. The van der Waals surface area contributed by atoms with Crippen LogP contribution in [0.25, 0.3) is 11.1 Å². The van der Waals surface area contributed by atoms with Crippen molar-refractivity contribution in [2.75, 3.05) is 19.0 Å². The van der Waals surface area contributed by atoms with E-state index < -0.39 is 0 Å². The van der Waals surface area contributed by atoms with Crippen LogP contribution >= 0.6 is 34.5 Å². The number of benzene rings is 2. The van der Waals surface area contributed by atoms with Crippen molar-refractivity contribution >= 4 is 57.2 Å². The van der Waals surface area contributed by atoms with Crippen molar-refractivity contribution in [3.8, 4) is 11.5 Å². The van der Waals surface area contributed by atoms with E-state index in [1.165, 1.54) is 0 Å². The Labute approximate surface area is 188 Å². The molecular weight excluding hydrogens is 445 g/mol. The van der Waals surface area contributed by atoms with Crippen LogP contribution in [0.4, 0.5) is 5.69 Å². The molecule has 30 heavy (non-hydrogen) atoms. The van der Waals surface area contributed by atoms with Gasteiger partial charge in [0.05, 0.1) is 23.8 Å². The van der Waals surface area contributed by atoms with Crippen molar-refractivity contribution in [3.05, 3.63) is 63.1 Å². The molecule has 0 atom stereocenters. The van der Waals surface area contributed by atoms with Crippen LogP contribution in [-0.4, -0.2) is 29.8 Å². The molecule has 0 aliphatic heterocycles. The molecule has 0 fully saturated rings. The zero-order valence-electron chi connectivity index (χ0n) is 16.3. The standard InChI is InChI=1S/C21H19Cl2N3O3S/c1-3-9-29-18-15(22)10-13(12-17(18)28-2)11-16(23)20-25-26-21(30-20)19(27)24-14-7-5-4-6-8-14/h4-8,10-12H,3,9H2,1-2H3,(H,24,27)/b16-11-. The number of rotatable bonds is 8. The van der Waals surface area contributed by atoms with Gasteiger partial charge in [0.15, 0.2) is 16.5 Å². The normalized spacial score (nSPS) is 11.3. The number of hydrogen-bond acceptors (Lipinski definition) is 6. The molecule has 1 N–H and O–H groups in total. The summed E-state index contributed by atoms with van der Waals surface area (Å²) in [6.45, 7) is 2.54. The number of ether oxygens (including phenoxy) is 2. The molecule has 0 saturated carbocycles. The number of para-hydroxylation sites is 1. The largest absolute Gasteiger partial charge is 0.493 e. The number of aromatic nitrogens is 2. The number of methoxy groups -OCH3 is 1. The van der Waals surface area contributed by atoms with Gasteiger partial charge in [0.1, 0.15) is 0 Å². The topological polar surface area (TPSA) is 73.3 Å². The summed E-state index contributed by atoms with van der Waals surface area (Å²) in [6, 6.07) is 12.6. The second kappa shape index (κ2) is 10.4. The van der Waals surface area contributed by atoms with E-state index in [0.717, 1.165) is 17.8 Å². The predicted molar refractivity (Wildman–Crippen MR) is 122 cm³/mol. The lowest BCUT2D eigenvalue weighted by Gasteiger charge is -2.12. The quantitative estimate of drug-likeness (QED) is 0.444. The van der Waals surface area contributed by atoms with Crippen LogP contribution < -0.4 is 14.8 Å². The maximum Gasteiger partial charge on any atom is 0.286 e. The second-order valence-electron chi connectivity index (χ2n) is 6.11.